The summed E-state index contributed by atoms with van der Waals surface area (Å²) in [7, 11) is 0. The Balaban J connectivity index is 1.28. The highest BCUT2D eigenvalue weighted by Crippen LogP contribution is 2.39. The van der Waals surface area contributed by atoms with E-state index >= 15 is 0 Å². The van der Waals surface area contributed by atoms with Crippen molar-refractivity contribution in [3.8, 4) is 0 Å². The number of piperidine rings is 1. The molecule has 2 fully saturated rings. The molecule has 2 aromatic carbocycles. The van der Waals surface area contributed by atoms with Crippen LogP contribution in [0.4, 0.5) is 11.4 Å². The van der Waals surface area contributed by atoms with E-state index in [0.717, 1.165) is 42.8 Å². The van der Waals surface area contributed by atoms with Crippen molar-refractivity contribution in [2.24, 2.45) is 5.92 Å². The number of nitrogens with one attached hydrogen (secondary N) is 3. The fraction of sp³-hybridized carbons (Fsp3) is 0.333. The van der Waals surface area contributed by atoms with E-state index in [1.165, 1.54) is 6.08 Å². The zero-order valence-corrected chi connectivity index (χ0v) is 23.4. The maximum atomic E-state index is 13.3. The average Bonchev–Trinajstić information content (AvgIpc) is 3.20. The molecule has 9 nitrogen and oxygen atoms in total. The number of carbonyl (C=O) groups is 3. The second-order valence-corrected chi connectivity index (χ2v) is 11.4. The molecule has 3 atom stereocenters. The van der Waals surface area contributed by atoms with Gasteiger partial charge in [0.25, 0.3) is 11.5 Å². The largest absolute Gasteiger partial charge is 0.369 e. The molecule has 2 saturated heterocycles. The molecular weight excluding hydrogens is 530 g/mol. The van der Waals surface area contributed by atoms with Gasteiger partial charge in [-0.2, -0.15) is 0 Å². The molecule has 9 heteroatoms. The lowest BCUT2D eigenvalue weighted by molar-refractivity contribution is -0.122. The van der Waals surface area contributed by atoms with Gasteiger partial charge in [-0.25, -0.2) is 0 Å². The predicted octanol–water partition coefficient (Wildman–Crippen LogP) is 3.52. The number of fused-ring (bicyclic) bond motifs is 4. The fourth-order valence-corrected chi connectivity index (χ4v) is 6.38. The molecule has 3 unspecified atom stereocenters. The molecule has 0 radical (unpaired) electrons. The van der Waals surface area contributed by atoms with Crippen molar-refractivity contribution in [3.63, 3.8) is 0 Å². The third kappa shape index (κ3) is 6.00. The summed E-state index contributed by atoms with van der Waals surface area (Å²) in [6, 6.07) is 19.8. The van der Waals surface area contributed by atoms with Crippen molar-refractivity contribution >= 4 is 35.2 Å². The quantitative estimate of drug-likeness (QED) is 0.396. The Kier molecular flexibility index (Phi) is 7.90. The van der Waals surface area contributed by atoms with Crippen molar-refractivity contribution in [3.05, 3.63) is 100.0 Å². The van der Waals surface area contributed by atoms with Crippen molar-refractivity contribution in [2.75, 3.05) is 29.9 Å². The number of anilines is 2. The predicted molar refractivity (Wildman–Crippen MR) is 162 cm³/mol. The second kappa shape index (κ2) is 12.1. The van der Waals surface area contributed by atoms with Gasteiger partial charge in [-0.05, 0) is 67.5 Å². The van der Waals surface area contributed by atoms with Crippen LogP contribution in [0.5, 0.6) is 0 Å². The van der Waals surface area contributed by atoms with E-state index in [4.69, 9.17) is 0 Å². The Morgan fingerprint density at radius 2 is 1.79 bits per heavy atom. The first-order valence-electron chi connectivity index (χ1n) is 14.7. The highest BCUT2D eigenvalue weighted by molar-refractivity contribution is 6.06. The topological polar surface area (TPSA) is 113 Å². The summed E-state index contributed by atoms with van der Waals surface area (Å²) in [6.45, 7) is 2.70. The van der Waals surface area contributed by atoms with Crippen molar-refractivity contribution in [2.45, 2.75) is 44.2 Å². The van der Waals surface area contributed by atoms with E-state index in [0.29, 0.717) is 37.3 Å². The highest BCUT2D eigenvalue weighted by atomic mass is 16.2. The molecule has 42 heavy (non-hydrogen) atoms. The molecule has 0 aliphatic carbocycles. The highest BCUT2D eigenvalue weighted by Gasteiger charge is 2.35. The van der Waals surface area contributed by atoms with Crippen LogP contribution in [0, 0.1) is 5.92 Å². The molecular formula is C33H35N5O4. The Morgan fingerprint density at radius 3 is 2.64 bits per heavy atom. The number of pyridine rings is 1. The monoisotopic (exact) mass is 565 g/mol. The minimum atomic E-state index is -0.587. The van der Waals surface area contributed by atoms with Gasteiger partial charge >= 0.3 is 0 Å². The number of amides is 3. The first kappa shape index (κ1) is 27.5. The molecule has 3 aromatic rings. The van der Waals surface area contributed by atoms with E-state index in [-0.39, 0.29) is 35.1 Å². The van der Waals surface area contributed by atoms with Crippen molar-refractivity contribution in [1.29, 1.82) is 0 Å². The Labute approximate surface area is 244 Å². The van der Waals surface area contributed by atoms with E-state index in [2.05, 4.69) is 20.9 Å². The van der Waals surface area contributed by atoms with Crippen LogP contribution in [-0.2, 0) is 16.1 Å². The zero-order valence-electron chi connectivity index (χ0n) is 23.4. The number of hydrogen-bond acceptors (Lipinski definition) is 5. The van der Waals surface area contributed by atoms with Crippen LogP contribution < -0.4 is 26.4 Å². The SMILES string of the molecule is O=C(C=Cc1ccccc1)Nc1cc(C(=O)NC2CCCCNC2=O)ccc1N1CC2CC(C1)c1cccc(=O)n1C2. The number of nitrogens with zero attached hydrogens (tertiary/aromatic N) is 2. The van der Waals surface area contributed by atoms with Crippen LogP contribution in [0.25, 0.3) is 6.08 Å². The summed E-state index contributed by atoms with van der Waals surface area (Å²) in [5.74, 6) is -0.367. The molecule has 6 rings (SSSR count). The van der Waals surface area contributed by atoms with E-state index < -0.39 is 6.04 Å². The maximum absolute atomic E-state index is 13.3. The lowest BCUT2D eigenvalue weighted by Crippen LogP contribution is -2.47. The van der Waals surface area contributed by atoms with E-state index in [1.54, 1.807) is 24.3 Å². The van der Waals surface area contributed by atoms with Gasteiger partial charge in [0.05, 0.1) is 11.4 Å². The Bertz CT molecular complexity index is 1580. The number of hydrogen-bond donors (Lipinski definition) is 3. The number of carbonyl (C=O) groups excluding carboxylic acids is 3. The van der Waals surface area contributed by atoms with Crippen LogP contribution in [0.15, 0.2) is 77.6 Å². The third-order valence-corrected chi connectivity index (χ3v) is 8.40. The van der Waals surface area contributed by atoms with Gasteiger partial charge in [-0.1, -0.05) is 36.4 Å². The number of aromatic nitrogens is 1. The van der Waals surface area contributed by atoms with Gasteiger partial charge < -0.3 is 25.4 Å². The standard InChI is InChI=1S/C33H35N5O4/c39-30(15-12-22-7-2-1-3-8-22)35-27-18-24(32(41)36-26-9-4-5-16-34-33(26)42)13-14-29(27)37-19-23-17-25(21-37)28-10-6-11-31(40)38(28)20-23/h1-3,6-8,10-15,18,23,25-26H,4-5,9,16-17,19-21H2,(H,34,42)(H,35,39)(H,36,41). The Hall–Kier alpha value is -4.66. The van der Waals surface area contributed by atoms with E-state index in [1.807, 2.05) is 53.1 Å². The van der Waals surface area contributed by atoms with Crippen LogP contribution >= 0.6 is 0 Å². The summed E-state index contributed by atoms with van der Waals surface area (Å²) in [5, 5.41) is 8.74. The van der Waals surface area contributed by atoms with Crippen molar-refractivity contribution in [1.82, 2.24) is 15.2 Å². The first-order chi connectivity index (χ1) is 20.4. The summed E-state index contributed by atoms with van der Waals surface area (Å²) in [6.07, 6.45) is 6.56. The molecule has 3 aliphatic rings. The minimum absolute atomic E-state index is 0.0338. The lowest BCUT2D eigenvalue weighted by atomic mass is 9.83. The van der Waals surface area contributed by atoms with Crippen molar-refractivity contribution < 1.29 is 14.4 Å². The molecule has 3 aliphatic heterocycles. The minimum Gasteiger partial charge on any atom is -0.369 e. The van der Waals surface area contributed by atoms with Crippen LogP contribution in [-0.4, -0.2) is 48.0 Å². The molecule has 4 heterocycles. The molecule has 1 aromatic heterocycles. The summed E-state index contributed by atoms with van der Waals surface area (Å²) < 4.78 is 1.89. The fourth-order valence-electron chi connectivity index (χ4n) is 6.38. The van der Waals surface area contributed by atoms with Gasteiger partial charge in [0.2, 0.25) is 11.8 Å². The van der Waals surface area contributed by atoms with Gasteiger partial charge in [-0.3, -0.25) is 19.2 Å². The van der Waals surface area contributed by atoms with Gasteiger partial charge in [0, 0.05) is 55.5 Å². The van der Waals surface area contributed by atoms with Gasteiger partial charge in [0.1, 0.15) is 6.04 Å². The smallest absolute Gasteiger partial charge is 0.252 e. The normalized spacial score (nSPS) is 21.7. The van der Waals surface area contributed by atoms with E-state index in [9.17, 15) is 19.2 Å². The number of rotatable bonds is 6. The maximum Gasteiger partial charge on any atom is 0.252 e. The van der Waals surface area contributed by atoms with Crippen LogP contribution in [0.1, 0.15) is 53.2 Å². The molecule has 216 valence electrons. The first-order valence-corrected chi connectivity index (χ1v) is 14.7. The molecule has 2 bridgehead atoms. The molecule has 3 amide bonds. The van der Waals surface area contributed by atoms with Crippen LogP contribution in [0.3, 0.4) is 0 Å². The third-order valence-electron chi connectivity index (χ3n) is 8.40. The summed E-state index contributed by atoms with van der Waals surface area (Å²) in [4.78, 5) is 53.5. The summed E-state index contributed by atoms with van der Waals surface area (Å²) >= 11 is 0. The zero-order chi connectivity index (χ0) is 29.1. The molecule has 3 N–H and O–H groups in total. The Morgan fingerprint density at radius 1 is 0.929 bits per heavy atom. The molecule has 0 spiro atoms. The van der Waals surface area contributed by atoms with Gasteiger partial charge in [-0.15, -0.1) is 0 Å². The van der Waals surface area contributed by atoms with Gasteiger partial charge in [0.15, 0.2) is 0 Å². The average molecular weight is 566 g/mol. The van der Waals surface area contributed by atoms with Crippen LogP contribution in [0.2, 0.25) is 0 Å². The molecule has 0 saturated carbocycles. The number of benzene rings is 2. The second-order valence-electron chi connectivity index (χ2n) is 11.4. The summed E-state index contributed by atoms with van der Waals surface area (Å²) in [5.41, 5.74) is 3.69. The lowest BCUT2D eigenvalue weighted by Gasteiger charge is -2.44.